The highest BCUT2D eigenvalue weighted by molar-refractivity contribution is 5.95. The third kappa shape index (κ3) is 3.82. The molecular formula is C16H18N2O2. The van der Waals surface area contributed by atoms with E-state index < -0.39 is 0 Å². The van der Waals surface area contributed by atoms with Crippen LogP contribution >= 0.6 is 0 Å². The summed E-state index contributed by atoms with van der Waals surface area (Å²) in [6.07, 6.45) is 1.58. The van der Waals surface area contributed by atoms with Crippen LogP contribution in [0.4, 0.5) is 0 Å². The van der Waals surface area contributed by atoms with E-state index in [1.54, 1.807) is 18.3 Å². The molecule has 0 radical (unpaired) electrons. The molecule has 1 aromatic heterocycles. The van der Waals surface area contributed by atoms with Gasteiger partial charge in [-0.05, 0) is 38.1 Å². The van der Waals surface area contributed by atoms with Gasteiger partial charge in [-0.3, -0.25) is 9.78 Å². The van der Waals surface area contributed by atoms with Crippen LogP contribution in [0.2, 0.25) is 0 Å². The Morgan fingerprint density at radius 1 is 1.25 bits per heavy atom. The van der Waals surface area contributed by atoms with Crippen molar-refractivity contribution in [3.8, 4) is 5.75 Å². The van der Waals surface area contributed by atoms with Crippen molar-refractivity contribution in [1.29, 1.82) is 0 Å². The highest BCUT2D eigenvalue weighted by atomic mass is 16.5. The molecule has 4 heteroatoms. The van der Waals surface area contributed by atoms with E-state index in [1.165, 1.54) is 0 Å². The third-order valence-corrected chi connectivity index (χ3v) is 2.88. The minimum atomic E-state index is -0.126. The van der Waals surface area contributed by atoms with Crippen LogP contribution in [-0.4, -0.2) is 23.5 Å². The monoisotopic (exact) mass is 270 g/mol. The summed E-state index contributed by atoms with van der Waals surface area (Å²) in [5.74, 6) is 0.672. The van der Waals surface area contributed by atoms with E-state index >= 15 is 0 Å². The maximum absolute atomic E-state index is 12.0. The molecule has 0 saturated carbocycles. The summed E-state index contributed by atoms with van der Waals surface area (Å²) in [5.41, 5.74) is 1.32. The third-order valence-electron chi connectivity index (χ3n) is 2.88. The van der Waals surface area contributed by atoms with Gasteiger partial charge in [0.2, 0.25) is 0 Å². The zero-order valence-electron chi connectivity index (χ0n) is 11.7. The van der Waals surface area contributed by atoms with Crippen molar-refractivity contribution in [2.75, 3.05) is 6.54 Å². The van der Waals surface area contributed by atoms with Gasteiger partial charge < -0.3 is 10.1 Å². The van der Waals surface area contributed by atoms with E-state index in [4.69, 9.17) is 4.74 Å². The van der Waals surface area contributed by atoms with Gasteiger partial charge in [-0.15, -0.1) is 0 Å². The summed E-state index contributed by atoms with van der Waals surface area (Å²) in [7, 11) is 0. The number of carbonyl (C=O) groups is 1. The number of hydrogen-bond acceptors (Lipinski definition) is 3. The molecule has 2 aromatic rings. The molecule has 0 aliphatic carbocycles. The number of pyridine rings is 1. The topological polar surface area (TPSA) is 51.2 Å². The first-order valence-corrected chi connectivity index (χ1v) is 6.58. The molecule has 0 unspecified atom stereocenters. The fraction of sp³-hybridized carbons (Fsp3) is 0.250. The Balaban J connectivity index is 1.86. The fourth-order valence-electron chi connectivity index (χ4n) is 1.83. The Hall–Kier alpha value is -2.36. The molecule has 2 rings (SSSR count). The number of para-hydroxylation sites is 1. The molecule has 0 aliphatic heterocycles. The van der Waals surface area contributed by atoms with Gasteiger partial charge in [0, 0.05) is 11.9 Å². The number of ether oxygens (including phenoxy) is 1. The van der Waals surface area contributed by atoms with Crippen molar-refractivity contribution < 1.29 is 9.53 Å². The maximum Gasteiger partial charge on any atom is 0.253 e. The van der Waals surface area contributed by atoms with Crippen LogP contribution < -0.4 is 10.1 Å². The second-order valence-corrected chi connectivity index (χ2v) is 4.59. The van der Waals surface area contributed by atoms with Crippen LogP contribution in [0.25, 0.3) is 0 Å². The van der Waals surface area contributed by atoms with Crippen molar-refractivity contribution in [3.05, 3.63) is 59.9 Å². The zero-order chi connectivity index (χ0) is 14.4. The Morgan fingerprint density at radius 2 is 2.00 bits per heavy atom. The first kappa shape index (κ1) is 14.1. The Labute approximate surface area is 118 Å². The van der Waals surface area contributed by atoms with Crippen LogP contribution in [0.15, 0.2) is 48.7 Å². The second-order valence-electron chi connectivity index (χ2n) is 4.59. The standard InChI is InChI=1S/C16H18N2O2/c1-12(20-14-7-4-3-5-8-14)11-18-16(19)15-9-6-10-17-13(15)2/h3-10,12H,11H2,1-2H3,(H,18,19)/t12-/m0/s1. The molecule has 1 N–H and O–H groups in total. The molecule has 4 nitrogen and oxygen atoms in total. The number of rotatable bonds is 5. The smallest absolute Gasteiger partial charge is 0.253 e. The van der Waals surface area contributed by atoms with Gasteiger partial charge in [-0.2, -0.15) is 0 Å². The van der Waals surface area contributed by atoms with E-state index in [1.807, 2.05) is 44.2 Å². The van der Waals surface area contributed by atoms with Crippen LogP contribution in [0, 0.1) is 6.92 Å². The predicted octanol–water partition coefficient (Wildman–Crippen LogP) is 2.59. The zero-order valence-corrected chi connectivity index (χ0v) is 11.7. The Morgan fingerprint density at radius 3 is 2.70 bits per heavy atom. The summed E-state index contributed by atoms with van der Waals surface area (Å²) in [6.45, 7) is 4.18. The summed E-state index contributed by atoms with van der Waals surface area (Å²) >= 11 is 0. The van der Waals surface area contributed by atoms with Crippen molar-refractivity contribution in [2.24, 2.45) is 0 Å². The van der Waals surface area contributed by atoms with Gasteiger partial charge in [0.05, 0.1) is 12.1 Å². The van der Waals surface area contributed by atoms with Gasteiger partial charge in [-0.1, -0.05) is 18.2 Å². The summed E-state index contributed by atoms with van der Waals surface area (Å²) in [4.78, 5) is 16.1. The number of benzene rings is 1. The quantitative estimate of drug-likeness (QED) is 0.908. The van der Waals surface area contributed by atoms with Crippen LogP contribution in [0.5, 0.6) is 5.75 Å². The van der Waals surface area contributed by atoms with Crippen LogP contribution in [0.1, 0.15) is 23.0 Å². The maximum atomic E-state index is 12.0. The number of aromatic nitrogens is 1. The minimum Gasteiger partial charge on any atom is -0.489 e. The Kier molecular flexibility index (Phi) is 4.71. The van der Waals surface area contributed by atoms with Gasteiger partial charge in [0.1, 0.15) is 11.9 Å². The molecule has 1 amide bonds. The summed E-state index contributed by atoms with van der Waals surface area (Å²) in [5, 5.41) is 2.86. The highest BCUT2D eigenvalue weighted by Crippen LogP contribution is 2.10. The average Bonchev–Trinajstić information content (AvgIpc) is 2.46. The number of carbonyl (C=O) groups excluding carboxylic acids is 1. The SMILES string of the molecule is Cc1ncccc1C(=O)NC[C@H](C)Oc1ccccc1. The van der Waals surface area contributed by atoms with Gasteiger partial charge >= 0.3 is 0 Å². The van der Waals surface area contributed by atoms with Gasteiger partial charge in [-0.25, -0.2) is 0 Å². The Bertz CT molecular complexity index is 570. The molecule has 0 fully saturated rings. The average molecular weight is 270 g/mol. The van der Waals surface area contributed by atoms with E-state index in [0.717, 1.165) is 11.4 Å². The lowest BCUT2D eigenvalue weighted by atomic mass is 10.2. The molecule has 1 aromatic carbocycles. The normalized spacial score (nSPS) is 11.7. The lowest BCUT2D eigenvalue weighted by molar-refractivity contribution is 0.0931. The second kappa shape index (κ2) is 6.70. The van der Waals surface area contributed by atoms with Gasteiger partial charge in [0.15, 0.2) is 0 Å². The molecule has 0 bridgehead atoms. The number of hydrogen-bond donors (Lipinski definition) is 1. The minimum absolute atomic E-state index is 0.0988. The van der Waals surface area contributed by atoms with E-state index in [0.29, 0.717) is 12.1 Å². The van der Waals surface area contributed by atoms with Crippen LogP contribution in [0.3, 0.4) is 0 Å². The van der Waals surface area contributed by atoms with Crippen molar-refractivity contribution >= 4 is 5.91 Å². The lowest BCUT2D eigenvalue weighted by Crippen LogP contribution is -2.34. The summed E-state index contributed by atoms with van der Waals surface area (Å²) in [6, 6.07) is 13.1. The molecule has 1 heterocycles. The molecular weight excluding hydrogens is 252 g/mol. The predicted molar refractivity (Wildman–Crippen MR) is 77.8 cm³/mol. The van der Waals surface area contributed by atoms with Crippen molar-refractivity contribution in [3.63, 3.8) is 0 Å². The molecule has 0 spiro atoms. The first-order valence-electron chi connectivity index (χ1n) is 6.58. The number of nitrogens with one attached hydrogen (secondary N) is 1. The summed E-state index contributed by atoms with van der Waals surface area (Å²) < 4.78 is 5.70. The van der Waals surface area contributed by atoms with E-state index in [-0.39, 0.29) is 12.0 Å². The number of nitrogens with zero attached hydrogens (tertiary/aromatic N) is 1. The molecule has 20 heavy (non-hydrogen) atoms. The van der Waals surface area contributed by atoms with Crippen molar-refractivity contribution in [1.82, 2.24) is 10.3 Å². The number of aryl methyl sites for hydroxylation is 1. The highest BCUT2D eigenvalue weighted by Gasteiger charge is 2.11. The molecule has 1 atom stereocenters. The largest absolute Gasteiger partial charge is 0.489 e. The van der Waals surface area contributed by atoms with E-state index in [9.17, 15) is 4.79 Å². The van der Waals surface area contributed by atoms with Crippen LogP contribution in [-0.2, 0) is 0 Å². The first-order chi connectivity index (χ1) is 9.66. The molecule has 0 saturated heterocycles. The van der Waals surface area contributed by atoms with Gasteiger partial charge in [0.25, 0.3) is 5.91 Å². The molecule has 0 aliphatic rings. The lowest BCUT2D eigenvalue weighted by Gasteiger charge is -2.15. The molecule has 104 valence electrons. The fourth-order valence-corrected chi connectivity index (χ4v) is 1.83. The van der Waals surface area contributed by atoms with Crippen molar-refractivity contribution in [2.45, 2.75) is 20.0 Å². The number of amides is 1. The van der Waals surface area contributed by atoms with E-state index in [2.05, 4.69) is 10.3 Å².